The molecule has 1 aliphatic rings. The van der Waals surface area contributed by atoms with Gasteiger partial charge in [-0.3, -0.25) is 4.79 Å². The highest BCUT2D eigenvalue weighted by molar-refractivity contribution is 7.89. The lowest BCUT2D eigenvalue weighted by Gasteiger charge is -2.31. The van der Waals surface area contributed by atoms with Gasteiger partial charge in [0.1, 0.15) is 6.04 Å². The topological polar surface area (TPSA) is 104 Å². The number of nitrogens with zero attached hydrogens (tertiary/aromatic N) is 1. The maximum absolute atomic E-state index is 12.8. The fraction of sp³-hybridized carbons (Fsp3) is 0.579. The van der Waals surface area contributed by atoms with Gasteiger partial charge in [-0.25, -0.2) is 13.2 Å². The van der Waals surface area contributed by atoms with Crippen molar-refractivity contribution in [3.63, 3.8) is 0 Å². The number of carbonyl (C=O) groups is 2. The molecular weight excluding hydrogens is 368 g/mol. The Morgan fingerprint density at radius 1 is 1.19 bits per heavy atom. The number of nitrogens with one attached hydrogen (secondary N) is 1. The Morgan fingerprint density at radius 3 is 2.19 bits per heavy atom. The molecule has 1 heterocycles. The zero-order valence-corrected chi connectivity index (χ0v) is 16.8. The van der Waals surface area contributed by atoms with Crippen LogP contribution in [0.4, 0.5) is 0 Å². The van der Waals surface area contributed by atoms with Gasteiger partial charge in [0, 0.05) is 19.0 Å². The maximum Gasteiger partial charge on any atom is 0.326 e. The van der Waals surface area contributed by atoms with Gasteiger partial charge in [-0.15, -0.1) is 0 Å². The van der Waals surface area contributed by atoms with Crippen LogP contribution >= 0.6 is 0 Å². The SMILES string of the molecule is CCC(NC(=O)C1CCN(S(=O)(=O)c2ccc(C(C)C)cc2)CC1)C(=O)O. The molecule has 7 nitrogen and oxygen atoms in total. The van der Waals surface area contributed by atoms with Crippen molar-refractivity contribution in [3.8, 4) is 0 Å². The van der Waals surface area contributed by atoms with Gasteiger partial charge in [0.25, 0.3) is 0 Å². The van der Waals surface area contributed by atoms with Crippen LogP contribution in [0.1, 0.15) is 51.5 Å². The third kappa shape index (κ3) is 5.07. The van der Waals surface area contributed by atoms with Crippen LogP contribution in [0.15, 0.2) is 29.2 Å². The summed E-state index contributed by atoms with van der Waals surface area (Å²) in [5, 5.41) is 11.6. The number of hydrogen-bond acceptors (Lipinski definition) is 4. The highest BCUT2D eigenvalue weighted by Gasteiger charge is 2.33. The smallest absolute Gasteiger partial charge is 0.326 e. The predicted molar refractivity (Wildman–Crippen MR) is 102 cm³/mol. The fourth-order valence-corrected chi connectivity index (χ4v) is 4.63. The molecule has 0 saturated carbocycles. The summed E-state index contributed by atoms with van der Waals surface area (Å²) < 4.78 is 27.0. The lowest BCUT2D eigenvalue weighted by atomic mass is 9.97. The van der Waals surface area contributed by atoms with Gasteiger partial charge in [0.15, 0.2) is 0 Å². The van der Waals surface area contributed by atoms with Gasteiger partial charge in [-0.05, 0) is 42.9 Å². The molecule has 1 aromatic carbocycles. The van der Waals surface area contributed by atoms with Crippen molar-refractivity contribution in [1.82, 2.24) is 9.62 Å². The summed E-state index contributed by atoms with van der Waals surface area (Å²) in [5.41, 5.74) is 1.08. The van der Waals surface area contributed by atoms with Crippen molar-refractivity contribution in [2.75, 3.05) is 13.1 Å². The monoisotopic (exact) mass is 396 g/mol. The molecule has 0 aromatic heterocycles. The van der Waals surface area contributed by atoms with E-state index < -0.39 is 22.0 Å². The third-order valence-electron chi connectivity index (χ3n) is 5.03. The fourth-order valence-electron chi connectivity index (χ4n) is 3.16. The van der Waals surface area contributed by atoms with Crippen molar-refractivity contribution >= 4 is 21.9 Å². The van der Waals surface area contributed by atoms with E-state index in [0.29, 0.717) is 25.2 Å². The lowest BCUT2D eigenvalue weighted by molar-refractivity contribution is -0.142. The highest BCUT2D eigenvalue weighted by Crippen LogP contribution is 2.25. The Bertz CT molecular complexity index is 766. The van der Waals surface area contributed by atoms with E-state index in [9.17, 15) is 18.0 Å². The average molecular weight is 397 g/mol. The summed E-state index contributed by atoms with van der Waals surface area (Å²) in [5.74, 6) is -1.42. The minimum absolute atomic E-state index is 0.246. The molecule has 1 unspecified atom stereocenters. The molecule has 150 valence electrons. The summed E-state index contributed by atoms with van der Waals surface area (Å²) in [4.78, 5) is 23.6. The predicted octanol–water partition coefficient (Wildman–Crippen LogP) is 2.19. The van der Waals surface area contributed by atoms with Crippen molar-refractivity contribution in [1.29, 1.82) is 0 Å². The van der Waals surface area contributed by atoms with Gasteiger partial charge in [-0.1, -0.05) is 32.9 Å². The van der Waals surface area contributed by atoms with E-state index in [2.05, 4.69) is 5.32 Å². The van der Waals surface area contributed by atoms with Crippen LogP contribution in [0.5, 0.6) is 0 Å². The first-order valence-corrected chi connectivity index (χ1v) is 10.7. The summed E-state index contributed by atoms with van der Waals surface area (Å²) >= 11 is 0. The first-order chi connectivity index (χ1) is 12.7. The molecule has 2 rings (SSSR count). The summed E-state index contributed by atoms with van der Waals surface area (Å²) in [7, 11) is -3.59. The highest BCUT2D eigenvalue weighted by atomic mass is 32.2. The second-order valence-corrected chi connectivity index (χ2v) is 9.15. The molecular formula is C19H28N2O5S. The first kappa shape index (κ1) is 21.4. The molecule has 0 radical (unpaired) electrons. The minimum Gasteiger partial charge on any atom is -0.480 e. The molecule has 8 heteroatoms. The molecule has 0 aliphatic carbocycles. The van der Waals surface area contributed by atoms with Gasteiger partial charge in [-0.2, -0.15) is 4.31 Å². The van der Waals surface area contributed by atoms with Crippen LogP contribution in [0.25, 0.3) is 0 Å². The van der Waals surface area contributed by atoms with Crippen LogP contribution in [0.3, 0.4) is 0 Å². The largest absolute Gasteiger partial charge is 0.480 e. The molecule has 1 aliphatic heterocycles. The Hall–Kier alpha value is -1.93. The maximum atomic E-state index is 12.8. The summed E-state index contributed by atoms with van der Waals surface area (Å²) in [6, 6.07) is 6.01. The summed E-state index contributed by atoms with van der Waals surface area (Å²) in [6.07, 6.45) is 1.07. The quantitative estimate of drug-likeness (QED) is 0.735. The number of carbonyl (C=O) groups excluding carboxylic acids is 1. The Balaban J connectivity index is 1.99. The average Bonchev–Trinajstić information content (AvgIpc) is 2.65. The number of rotatable bonds is 7. The van der Waals surface area contributed by atoms with E-state index in [-0.39, 0.29) is 29.8 Å². The van der Waals surface area contributed by atoms with Crippen molar-refractivity contribution in [3.05, 3.63) is 29.8 Å². The number of sulfonamides is 1. The zero-order valence-electron chi connectivity index (χ0n) is 16.0. The third-order valence-corrected chi connectivity index (χ3v) is 6.94. The van der Waals surface area contributed by atoms with Crippen molar-refractivity contribution < 1.29 is 23.1 Å². The molecule has 1 fully saturated rings. The van der Waals surface area contributed by atoms with Crippen molar-refractivity contribution in [2.45, 2.75) is 56.9 Å². The van der Waals surface area contributed by atoms with E-state index in [4.69, 9.17) is 5.11 Å². The molecule has 1 atom stereocenters. The summed E-state index contributed by atoms with van der Waals surface area (Å²) in [6.45, 7) is 6.28. The Kier molecular flexibility index (Phi) is 7.00. The minimum atomic E-state index is -3.59. The number of aliphatic carboxylic acids is 1. The molecule has 1 saturated heterocycles. The van der Waals surface area contributed by atoms with E-state index >= 15 is 0 Å². The van der Waals surface area contributed by atoms with Gasteiger partial charge in [0.2, 0.25) is 15.9 Å². The standard InChI is InChI=1S/C19H28N2O5S/c1-4-17(19(23)24)20-18(22)15-9-11-21(12-10-15)27(25,26)16-7-5-14(6-8-16)13(2)3/h5-8,13,15,17H,4,9-12H2,1-3H3,(H,20,22)(H,23,24). The molecule has 0 bridgehead atoms. The molecule has 1 amide bonds. The number of benzene rings is 1. The van der Waals surface area contributed by atoms with Gasteiger partial charge < -0.3 is 10.4 Å². The van der Waals surface area contributed by atoms with Crippen LogP contribution in [0, 0.1) is 5.92 Å². The van der Waals surface area contributed by atoms with Crippen LogP contribution in [0.2, 0.25) is 0 Å². The molecule has 1 aromatic rings. The number of carboxylic acid groups (broad SMARTS) is 1. The van der Waals surface area contributed by atoms with Crippen molar-refractivity contribution in [2.24, 2.45) is 5.92 Å². The Morgan fingerprint density at radius 2 is 1.74 bits per heavy atom. The van der Waals surface area contributed by atoms with E-state index in [1.165, 1.54) is 4.31 Å². The van der Waals surface area contributed by atoms with E-state index in [0.717, 1.165) is 5.56 Å². The van der Waals surface area contributed by atoms with Crippen LogP contribution in [-0.4, -0.2) is 48.8 Å². The first-order valence-electron chi connectivity index (χ1n) is 9.30. The molecule has 2 N–H and O–H groups in total. The number of amides is 1. The van der Waals surface area contributed by atoms with Gasteiger partial charge >= 0.3 is 5.97 Å². The molecule has 0 spiro atoms. The number of piperidine rings is 1. The number of hydrogen-bond donors (Lipinski definition) is 2. The lowest BCUT2D eigenvalue weighted by Crippen LogP contribution is -2.47. The van der Waals surface area contributed by atoms with E-state index in [1.54, 1.807) is 19.1 Å². The second-order valence-electron chi connectivity index (χ2n) is 7.21. The number of carboxylic acids is 1. The Labute approximate surface area is 160 Å². The molecule has 27 heavy (non-hydrogen) atoms. The van der Waals surface area contributed by atoms with Crippen LogP contribution in [-0.2, 0) is 19.6 Å². The second kappa shape index (κ2) is 8.84. The normalized spacial score (nSPS) is 17.6. The zero-order chi connectivity index (χ0) is 20.2. The van der Waals surface area contributed by atoms with E-state index in [1.807, 2.05) is 26.0 Å². The van der Waals surface area contributed by atoms with Gasteiger partial charge in [0.05, 0.1) is 4.90 Å². The van der Waals surface area contributed by atoms with Crippen LogP contribution < -0.4 is 5.32 Å².